The van der Waals surface area contributed by atoms with E-state index in [9.17, 15) is 26.4 Å². The van der Waals surface area contributed by atoms with Crippen LogP contribution < -0.4 is 4.72 Å². The number of nitrogens with zero attached hydrogens (tertiary/aromatic N) is 1. The average molecular weight is 418 g/mol. The first-order valence-corrected chi connectivity index (χ1v) is 10.5. The van der Waals surface area contributed by atoms with Gasteiger partial charge in [-0.3, -0.25) is 0 Å². The zero-order valence-electron chi connectivity index (χ0n) is 15.3. The first kappa shape index (κ1) is 19.7. The molecule has 2 fully saturated rings. The molecular formula is C18H21F3N2O4S. The van der Waals surface area contributed by atoms with E-state index in [1.807, 2.05) is 6.07 Å². The fourth-order valence-corrected chi connectivity index (χ4v) is 6.80. The first-order chi connectivity index (χ1) is 13.0. The van der Waals surface area contributed by atoms with E-state index in [1.165, 1.54) is 7.11 Å². The highest BCUT2D eigenvalue weighted by molar-refractivity contribution is 7.87. The molecule has 1 spiro atoms. The van der Waals surface area contributed by atoms with Crippen LogP contribution in [-0.4, -0.2) is 50.6 Å². The SMILES string of the molecule is COC(=O)c1ccc2c(c1)CC1CCC(C2)C12CN(CC(F)(F)F)S(=O)(=O)N2. The highest BCUT2D eigenvalue weighted by Crippen LogP contribution is 2.50. The number of methoxy groups -OCH3 is 1. The molecule has 4 rings (SSSR count). The van der Waals surface area contributed by atoms with E-state index >= 15 is 0 Å². The lowest BCUT2D eigenvalue weighted by atomic mass is 9.79. The predicted octanol–water partition coefficient (Wildman–Crippen LogP) is 2.05. The van der Waals surface area contributed by atoms with E-state index < -0.39 is 34.4 Å². The molecule has 2 aliphatic carbocycles. The summed E-state index contributed by atoms with van der Waals surface area (Å²) in [5, 5.41) is 0. The molecule has 0 radical (unpaired) electrons. The van der Waals surface area contributed by atoms with Gasteiger partial charge in [0, 0.05) is 6.54 Å². The van der Waals surface area contributed by atoms with Crippen molar-refractivity contribution in [2.24, 2.45) is 11.8 Å². The molecule has 3 atom stereocenters. The van der Waals surface area contributed by atoms with Gasteiger partial charge in [0.15, 0.2) is 0 Å². The molecule has 1 heterocycles. The minimum Gasteiger partial charge on any atom is -0.465 e. The van der Waals surface area contributed by atoms with Crippen molar-refractivity contribution in [2.45, 2.75) is 37.4 Å². The van der Waals surface area contributed by atoms with E-state index in [0.29, 0.717) is 22.7 Å². The molecule has 154 valence electrons. The Labute approximate surface area is 161 Å². The Kier molecular flexibility index (Phi) is 4.51. The molecule has 1 saturated carbocycles. The second kappa shape index (κ2) is 6.43. The van der Waals surface area contributed by atoms with E-state index in [-0.39, 0.29) is 18.4 Å². The lowest BCUT2D eigenvalue weighted by molar-refractivity contribution is -0.136. The maximum atomic E-state index is 12.9. The van der Waals surface area contributed by atoms with Crippen LogP contribution >= 0.6 is 0 Å². The van der Waals surface area contributed by atoms with Gasteiger partial charge in [-0.2, -0.15) is 30.6 Å². The van der Waals surface area contributed by atoms with Crippen LogP contribution in [0.25, 0.3) is 0 Å². The van der Waals surface area contributed by atoms with Crippen molar-refractivity contribution < 1.29 is 31.1 Å². The molecule has 0 amide bonds. The van der Waals surface area contributed by atoms with Gasteiger partial charge in [-0.15, -0.1) is 0 Å². The molecule has 1 N–H and O–H groups in total. The van der Waals surface area contributed by atoms with Crippen molar-refractivity contribution in [3.63, 3.8) is 0 Å². The lowest BCUT2D eigenvalue weighted by Crippen LogP contribution is -2.52. The van der Waals surface area contributed by atoms with Crippen molar-refractivity contribution in [3.8, 4) is 0 Å². The number of nitrogens with one attached hydrogen (secondary N) is 1. The monoisotopic (exact) mass is 418 g/mol. The maximum absolute atomic E-state index is 12.9. The summed E-state index contributed by atoms with van der Waals surface area (Å²) < 4.78 is 71.5. The number of halogens is 3. The highest BCUT2D eigenvalue weighted by Gasteiger charge is 2.60. The molecule has 1 saturated heterocycles. The van der Waals surface area contributed by atoms with E-state index in [1.54, 1.807) is 12.1 Å². The molecule has 1 aliphatic heterocycles. The van der Waals surface area contributed by atoms with Gasteiger partial charge < -0.3 is 4.74 Å². The van der Waals surface area contributed by atoms with Gasteiger partial charge in [0.25, 0.3) is 10.2 Å². The molecule has 1 aromatic carbocycles. The average Bonchev–Trinajstić information content (AvgIpc) is 2.97. The van der Waals surface area contributed by atoms with Crippen LogP contribution in [0.15, 0.2) is 18.2 Å². The Morgan fingerprint density at radius 2 is 1.89 bits per heavy atom. The Morgan fingerprint density at radius 3 is 2.50 bits per heavy atom. The number of rotatable bonds is 2. The minimum absolute atomic E-state index is 0.0873. The van der Waals surface area contributed by atoms with Gasteiger partial charge >= 0.3 is 12.1 Å². The topological polar surface area (TPSA) is 75.7 Å². The van der Waals surface area contributed by atoms with Gasteiger partial charge in [-0.1, -0.05) is 6.07 Å². The molecule has 10 heteroatoms. The molecule has 3 aliphatic rings. The normalized spacial score (nSPS) is 31.6. The van der Waals surface area contributed by atoms with Crippen LogP contribution in [0.1, 0.15) is 34.3 Å². The lowest BCUT2D eigenvalue weighted by Gasteiger charge is -2.33. The number of benzene rings is 1. The number of ether oxygens (including phenoxy) is 1. The third-order valence-corrected chi connectivity index (χ3v) is 7.91. The van der Waals surface area contributed by atoms with E-state index in [2.05, 4.69) is 4.72 Å². The number of carbonyl (C=O) groups excluding carboxylic acids is 1. The molecule has 0 aromatic heterocycles. The summed E-state index contributed by atoms with van der Waals surface area (Å²) in [6.45, 7) is -1.66. The zero-order chi connectivity index (χ0) is 20.3. The highest BCUT2D eigenvalue weighted by atomic mass is 32.2. The van der Waals surface area contributed by atoms with Crippen molar-refractivity contribution in [1.29, 1.82) is 0 Å². The molecule has 1 aromatic rings. The summed E-state index contributed by atoms with van der Waals surface area (Å²) in [5.74, 6) is -0.666. The first-order valence-electron chi connectivity index (χ1n) is 9.10. The molecule has 28 heavy (non-hydrogen) atoms. The molecule has 6 nitrogen and oxygen atoms in total. The van der Waals surface area contributed by atoms with Gasteiger partial charge in [-0.25, -0.2) is 4.79 Å². The fraction of sp³-hybridized carbons (Fsp3) is 0.611. The molecule has 2 bridgehead atoms. The van der Waals surface area contributed by atoms with Gasteiger partial charge in [0.1, 0.15) is 6.54 Å². The minimum atomic E-state index is -4.59. The van der Waals surface area contributed by atoms with E-state index in [4.69, 9.17) is 4.74 Å². The Bertz CT molecular complexity index is 918. The quantitative estimate of drug-likeness (QED) is 0.746. The van der Waals surface area contributed by atoms with Crippen molar-refractivity contribution in [2.75, 3.05) is 20.2 Å². The third-order valence-electron chi connectivity index (χ3n) is 6.33. The predicted molar refractivity (Wildman–Crippen MR) is 93.8 cm³/mol. The summed E-state index contributed by atoms with van der Waals surface area (Å²) in [6, 6.07) is 5.27. The number of esters is 1. The summed E-state index contributed by atoms with van der Waals surface area (Å²) in [6.07, 6.45) is -2.03. The van der Waals surface area contributed by atoms with Gasteiger partial charge in [-0.05, 0) is 60.8 Å². The zero-order valence-corrected chi connectivity index (χ0v) is 16.1. The standard InChI is InChI=1S/C18H21F3N2O4S/c1-27-16(24)12-3-2-11-7-14-4-5-15(8-13(11)6-12)17(14)9-23(10-18(19,20)21)28(25,26)22-17/h2-3,6,14-15,22H,4-5,7-10H2,1H3. The summed E-state index contributed by atoms with van der Waals surface area (Å²) in [5.41, 5.74) is 1.45. The van der Waals surface area contributed by atoms with Crippen molar-refractivity contribution in [1.82, 2.24) is 9.03 Å². The van der Waals surface area contributed by atoms with Crippen molar-refractivity contribution in [3.05, 3.63) is 34.9 Å². The molecule has 3 unspecified atom stereocenters. The van der Waals surface area contributed by atoms with Crippen LogP contribution in [0.2, 0.25) is 0 Å². The summed E-state index contributed by atoms with van der Waals surface area (Å²) in [7, 11) is -2.89. The number of fused-ring (bicyclic) bond motifs is 1. The maximum Gasteiger partial charge on any atom is 0.402 e. The van der Waals surface area contributed by atoms with Crippen LogP contribution in [-0.2, 0) is 27.8 Å². The second-order valence-electron chi connectivity index (χ2n) is 7.89. The Morgan fingerprint density at radius 1 is 1.25 bits per heavy atom. The van der Waals surface area contributed by atoms with Crippen LogP contribution in [0.5, 0.6) is 0 Å². The Hall–Kier alpha value is -1.65. The van der Waals surface area contributed by atoms with Gasteiger partial charge in [0.2, 0.25) is 0 Å². The van der Waals surface area contributed by atoms with Crippen LogP contribution in [0.4, 0.5) is 13.2 Å². The van der Waals surface area contributed by atoms with E-state index in [0.717, 1.165) is 24.0 Å². The molecular weight excluding hydrogens is 397 g/mol. The number of hydrogen-bond donors (Lipinski definition) is 1. The van der Waals surface area contributed by atoms with Crippen LogP contribution in [0, 0.1) is 11.8 Å². The van der Waals surface area contributed by atoms with Gasteiger partial charge in [0.05, 0.1) is 18.2 Å². The number of alkyl halides is 3. The fourth-order valence-electron chi connectivity index (χ4n) is 5.09. The summed E-state index contributed by atoms with van der Waals surface area (Å²) in [4.78, 5) is 11.8. The second-order valence-corrected chi connectivity index (χ2v) is 9.56. The number of carbonyl (C=O) groups is 1. The Balaban J connectivity index is 1.67. The third kappa shape index (κ3) is 3.21. The smallest absolute Gasteiger partial charge is 0.402 e. The van der Waals surface area contributed by atoms with Crippen LogP contribution in [0.3, 0.4) is 0 Å². The van der Waals surface area contributed by atoms with Crippen molar-refractivity contribution >= 4 is 16.2 Å². The summed E-state index contributed by atoms with van der Waals surface area (Å²) >= 11 is 0. The largest absolute Gasteiger partial charge is 0.465 e. The number of hydrogen-bond acceptors (Lipinski definition) is 4.